The van der Waals surface area contributed by atoms with Crippen LogP contribution in [0, 0.1) is 0 Å². The Bertz CT molecular complexity index is 941. The number of nitrogens with zero attached hydrogens (tertiary/aromatic N) is 4. The van der Waals surface area contributed by atoms with E-state index in [1.165, 1.54) is 0 Å². The van der Waals surface area contributed by atoms with Gasteiger partial charge in [-0.15, -0.1) is 15.4 Å². The molecule has 4 rings (SSSR count). The van der Waals surface area contributed by atoms with Gasteiger partial charge >= 0.3 is 0 Å². The molecule has 128 valence electrons. The molecule has 1 atom stereocenters. The Morgan fingerprint density at radius 3 is 2.80 bits per heavy atom. The molecule has 7 nitrogen and oxygen atoms in total. The van der Waals surface area contributed by atoms with Crippen LogP contribution in [0.25, 0.3) is 17.1 Å². The van der Waals surface area contributed by atoms with E-state index in [4.69, 9.17) is 11.6 Å². The van der Waals surface area contributed by atoms with Crippen molar-refractivity contribution in [1.82, 2.24) is 14.8 Å². The summed E-state index contributed by atoms with van der Waals surface area (Å²) in [5.41, 5.74) is 2.52. The fourth-order valence-corrected chi connectivity index (χ4v) is 3.24. The van der Waals surface area contributed by atoms with Crippen LogP contribution in [0.4, 0.5) is 11.4 Å². The molecule has 1 aliphatic heterocycles. The molecule has 0 fully saturated rings. The Balaban J connectivity index is 2.00. The molecule has 0 saturated carbocycles. The summed E-state index contributed by atoms with van der Waals surface area (Å²) < 4.78 is 1.93. The second-order valence-electron chi connectivity index (χ2n) is 5.97. The van der Waals surface area contributed by atoms with Crippen molar-refractivity contribution in [2.75, 3.05) is 17.1 Å². The molecule has 1 unspecified atom stereocenters. The van der Waals surface area contributed by atoms with E-state index in [2.05, 4.69) is 22.4 Å². The molecule has 0 aliphatic carbocycles. The minimum atomic E-state index is 0.0954. The van der Waals surface area contributed by atoms with Gasteiger partial charge in [0.05, 0.1) is 11.4 Å². The van der Waals surface area contributed by atoms with Gasteiger partial charge in [0.25, 0.3) is 0 Å². The van der Waals surface area contributed by atoms with Crippen molar-refractivity contribution < 1.29 is 10.4 Å². The molecule has 1 aromatic heterocycles. The number of para-hydroxylation sites is 1. The van der Waals surface area contributed by atoms with Crippen LogP contribution in [0.15, 0.2) is 42.5 Å². The maximum absolute atomic E-state index is 9.55. The second kappa shape index (κ2) is 6.03. The minimum absolute atomic E-state index is 0.0954. The van der Waals surface area contributed by atoms with Gasteiger partial charge < -0.3 is 5.32 Å². The van der Waals surface area contributed by atoms with E-state index < -0.39 is 0 Å². The van der Waals surface area contributed by atoms with Crippen LogP contribution in [-0.4, -0.2) is 31.7 Å². The molecule has 2 heterocycles. The van der Waals surface area contributed by atoms with E-state index in [1.54, 1.807) is 18.2 Å². The second-order valence-corrected chi connectivity index (χ2v) is 6.40. The normalized spacial score (nSPS) is 15.8. The van der Waals surface area contributed by atoms with Crippen LogP contribution in [0.3, 0.4) is 0 Å². The van der Waals surface area contributed by atoms with Crippen molar-refractivity contribution in [2.45, 2.75) is 12.8 Å². The number of hydrogen-bond acceptors (Lipinski definition) is 6. The lowest BCUT2D eigenvalue weighted by atomic mass is 10.1. The lowest BCUT2D eigenvalue weighted by Gasteiger charge is -2.16. The standard InChI is InChI=1S/C17H16ClN5O2/c1-10-9-19-13-8-11(18)6-7-15(13)22-16(10)20-21-17(22)12-4-2-3-5-14(12)23(24)25/h2-8,10,19,24-25H,9H2,1H3. The molecule has 8 heteroatoms. The zero-order valence-electron chi connectivity index (χ0n) is 13.4. The largest absolute Gasteiger partial charge is 0.383 e. The number of anilines is 2. The van der Waals surface area contributed by atoms with Gasteiger partial charge in [0.1, 0.15) is 11.5 Å². The summed E-state index contributed by atoms with van der Waals surface area (Å²) in [5.74, 6) is 1.43. The number of fused-ring (bicyclic) bond motifs is 3. The van der Waals surface area contributed by atoms with Crippen molar-refractivity contribution >= 4 is 23.0 Å². The highest BCUT2D eigenvalue weighted by Gasteiger charge is 2.26. The van der Waals surface area contributed by atoms with E-state index >= 15 is 0 Å². The van der Waals surface area contributed by atoms with Crippen LogP contribution in [0.5, 0.6) is 0 Å². The number of nitrogens with one attached hydrogen (secondary N) is 1. The molecule has 25 heavy (non-hydrogen) atoms. The molecule has 2 aromatic carbocycles. The number of halogens is 1. The Morgan fingerprint density at radius 1 is 1.20 bits per heavy atom. The van der Waals surface area contributed by atoms with Crippen LogP contribution >= 0.6 is 11.6 Å². The van der Waals surface area contributed by atoms with Gasteiger partial charge in [0.2, 0.25) is 0 Å². The summed E-state index contributed by atoms with van der Waals surface area (Å²) in [7, 11) is 0. The lowest BCUT2D eigenvalue weighted by Crippen LogP contribution is -2.13. The number of aromatic nitrogens is 3. The maximum Gasteiger partial charge on any atom is 0.170 e. The summed E-state index contributed by atoms with van der Waals surface area (Å²) >= 11 is 6.14. The third-order valence-electron chi connectivity index (χ3n) is 4.29. The fraction of sp³-hybridized carbons (Fsp3) is 0.176. The number of rotatable bonds is 2. The maximum atomic E-state index is 9.55. The van der Waals surface area contributed by atoms with Gasteiger partial charge in [0, 0.05) is 23.0 Å². The average Bonchev–Trinajstić information content (AvgIpc) is 2.99. The van der Waals surface area contributed by atoms with E-state index in [0.717, 1.165) is 17.2 Å². The summed E-state index contributed by atoms with van der Waals surface area (Å²) in [6, 6.07) is 12.5. The summed E-state index contributed by atoms with van der Waals surface area (Å²) in [5, 5.41) is 31.9. The van der Waals surface area contributed by atoms with E-state index in [0.29, 0.717) is 23.0 Å². The van der Waals surface area contributed by atoms with Crippen LogP contribution in [0.1, 0.15) is 18.7 Å². The Labute approximate surface area is 149 Å². The van der Waals surface area contributed by atoms with Gasteiger partial charge in [-0.2, -0.15) is 0 Å². The number of hydrogen-bond donors (Lipinski definition) is 3. The first-order valence-electron chi connectivity index (χ1n) is 7.82. The topological polar surface area (TPSA) is 86.4 Å². The molecule has 1 aliphatic rings. The average molecular weight is 358 g/mol. The third kappa shape index (κ3) is 2.62. The van der Waals surface area contributed by atoms with Gasteiger partial charge in [-0.1, -0.05) is 30.7 Å². The van der Waals surface area contributed by atoms with Crippen molar-refractivity contribution in [3.8, 4) is 17.1 Å². The van der Waals surface area contributed by atoms with Crippen molar-refractivity contribution in [3.05, 3.63) is 53.3 Å². The molecular formula is C17H16ClN5O2. The monoisotopic (exact) mass is 357 g/mol. The Hall–Kier alpha value is -2.61. The van der Waals surface area contributed by atoms with Gasteiger partial charge in [-0.3, -0.25) is 15.0 Å². The molecule has 0 saturated heterocycles. The first kappa shape index (κ1) is 15.9. The van der Waals surface area contributed by atoms with Crippen molar-refractivity contribution in [2.24, 2.45) is 0 Å². The highest BCUT2D eigenvalue weighted by atomic mass is 35.5. The predicted octanol–water partition coefficient (Wildman–Crippen LogP) is 3.70. The van der Waals surface area contributed by atoms with Gasteiger partial charge in [-0.25, -0.2) is 0 Å². The summed E-state index contributed by atoms with van der Waals surface area (Å²) in [6.45, 7) is 2.75. The van der Waals surface area contributed by atoms with E-state index in [9.17, 15) is 10.4 Å². The molecule has 0 amide bonds. The van der Waals surface area contributed by atoms with Crippen molar-refractivity contribution in [3.63, 3.8) is 0 Å². The SMILES string of the molecule is CC1CNc2cc(Cl)ccc2-n2c(-c3ccccc3N(O)O)nnc21. The predicted molar refractivity (Wildman–Crippen MR) is 94.8 cm³/mol. The van der Waals surface area contributed by atoms with Crippen LogP contribution in [-0.2, 0) is 0 Å². The first-order chi connectivity index (χ1) is 12.1. The molecule has 3 aromatic rings. The highest BCUT2D eigenvalue weighted by molar-refractivity contribution is 6.31. The minimum Gasteiger partial charge on any atom is -0.383 e. The van der Waals surface area contributed by atoms with Gasteiger partial charge in [0.15, 0.2) is 5.82 Å². The first-order valence-corrected chi connectivity index (χ1v) is 8.20. The van der Waals surface area contributed by atoms with E-state index in [1.807, 2.05) is 28.8 Å². The highest BCUT2D eigenvalue weighted by Crippen LogP contribution is 2.37. The van der Waals surface area contributed by atoms with E-state index in [-0.39, 0.29) is 16.8 Å². The smallest absolute Gasteiger partial charge is 0.170 e. The van der Waals surface area contributed by atoms with Crippen molar-refractivity contribution in [1.29, 1.82) is 0 Å². The summed E-state index contributed by atoms with van der Waals surface area (Å²) in [4.78, 5) is 0. The fourth-order valence-electron chi connectivity index (χ4n) is 3.06. The summed E-state index contributed by atoms with van der Waals surface area (Å²) in [6.07, 6.45) is 0. The zero-order chi connectivity index (χ0) is 17.6. The van der Waals surface area contributed by atoms with Crippen LogP contribution < -0.4 is 10.5 Å². The Kier molecular flexibility index (Phi) is 3.84. The lowest BCUT2D eigenvalue weighted by molar-refractivity contribution is 0.0294. The molecule has 0 bridgehead atoms. The quantitative estimate of drug-likeness (QED) is 0.606. The third-order valence-corrected chi connectivity index (χ3v) is 4.52. The van der Waals surface area contributed by atoms with Crippen LogP contribution in [0.2, 0.25) is 5.02 Å². The molecule has 0 radical (unpaired) electrons. The molecule has 0 spiro atoms. The Morgan fingerprint density at radius 2 is 2.00 bits per heavy atom. The zero-order valence-corrected chi connectivity index (χ0v) is 14.1. The number of benzene rings is 2. The molecular weight excluding hydrogens is 342 g/mol. The molecule has 3 N–H and O–H groups in total. The van der Waals surface area contributed by atoms with Gasteiger partial charge in [-0.05, 0) is 30.3 Å².